The van der Waals surface area contributed by atoms with Crippen molar-refractivity contribution >= 4 is 39.4 Å². The zero-order valence-electron chi connectivity index (χ0n) is 22.5. The van der Waals surface area contributed by atoms with Crippen molar-refractivity contribution < 1.29 is 4.42 Å². The van der Waals surface area contributed by atoms with Crippen molar-refractivity contribution in [2.45, 2.75) is 6.54 Å². The van der Waals surface area contributed by atoms with Crippen LogP contribution < -0.4 is 15.8 Å². The molecule has 0 amide bonds. The molecular formula is C29H28N10O2. The molecule has 1 fully saturated rings. The zero-order valence-corrected chi connectivity index (χ0v) is 22.5. The van der Waals surface area contributed by atoms with Crippen LogP contribution in [0.2, 0.25) is 0 Å². The normalized spacial score (nSPS) is 14.2. The molecule has 5 aromatic heterocycles. The number of hydrogen-bond acceptors (Lipinski definition) is 9. The first-order valence-corrected chi connectivity index (χ1v) is 13.4. The summed E-state index contributed by atoms with van der Waals surface area (Å²) in [6.07, 6.45) is 6.52. The second kappa shape index (κ2) is 10.1. The molecule has 0 saturated carbocycles. The molecule has 12 heteroatoms. The maximum absolute atomic E-state index is 13.4. The van der Waals surface area contributed by atoms with Crippen LogP contribution in [0.5, 0.6) is 0 Å². The van der Waals surface area contributed by atoms with Gasteiger partial charge in [-0.2, -0.15) is 14.8 Å². The van der Waals surface area contributed by atoms with Gasteiger partial charge in [0.1, 0.15) is 5.39 Å². The summed E-state index contributed by atoms with van der Waals surface area (Å²) in [5.41, 5.74) is 2.82. The van der Waals surface area contributed by atoms with E-state index in [-0.39, 0.29) is 12.1 Å². The third-order valence-corrected chi connectivity index (χ3v) is 7.30. The summed E-state index contributed by atoms with van der Waals surface area (Å²) >= 11 is 0. The molecule has 0 atom stereocenters. The lowest BCUT2D eigenvalue weighted by atomic mass is 10.2. The smallest absolute Gasteiger partial charge is 0.278 e. The van der Waals surface area contributed by atoms with Gasteiger partial charge in [0.15, 0.2) is 17.1 Å². The van der Waals surface area contributed by atoms with Gasteiger partial charge >= 0.3 is 0 Å². The largest absolute Gasteiger partial charge is 0.447 e. The summed E-state index contributed by atoms with van der Waals surface area (Å²) in [5, 5.41) is 8.92. The highest BCUT2D eigenvalue weighted by Gasteiger charge is 2.20. The maximum Gasteiger partial charge on any atom is 0.278 e. The van der Waals surface area contributed by atoms with Gasteiger partial charge < -0.3 is 19.5 Å². The van der Waals surface area contributed by atoms with Gasteiger partial charge in [0.25, 0.3) is 5.56 Å². The Morgan fingerprint density at radius 1 is 1.00 bits per heavy atom. The van der Waals surface area contributed by atoms with Crippen LogP contribution in [-0.2, 0) is 6.54 Å². The number of anilines is 3. The topological polar surface area (TPSA) is 115 Å². The van der Waals surface area contributed by atoms with Crippen molar-refractivity contribution in [1.82, 2.24) is 39.0 Å². The summed E-state index contributed by atoms with van der Waals surface area (Å²) in [7, 11) is 2.15. The molecule has 12 nitrogen and oxygen atoms in total. The summed E-state index contributed by atoms with van der Waals surface area (Å²) < 4.78 is 10.4. The molecular weight excluding hydrogens is 520 g/mol. The van der Waals surface area contributed by atoms with E-state index < -0.39 is 0 Å². The van der Waals surface area contributed by atoms with Crippen molar-refractivity contribution in [3.63, 3.8) is 0 Å². The Labute approximate surface area is 234 Å². The van der Waals surface area contributed by atoms with Gasteiger partial charge in [-0.15, -0.1) is 6.58 Å². The number of nitrogens with one attached hydrogen (secondary N) is 1. The van der Waals surface area contributed by atoms with Gasteiger partial charge in [-0.1, -0.05) is 6.08 Å². The minimum absolute atomic E-state index is 0.232. The first-order valence-electron chi connectivity index (χ1n) is 13.4. The van der Waals surface area contributed by atoms with Crippen LogP contribution in [-0.4, -0.2) is 72.2 Å². The average Bonchev–Trinajstić information content (AvgIpc) is 3.73. The van der Waals surface area contributed by atoms with Crippen molar-refractivity contribution in [2.24, 2.45) is 0 Å². The van der Waals surface area contributed by atoms with E-state index in [0.717, 1.165) is 37.3 Å². The summed E-state index contributed by atoms with van der Waals surface area (Å²) in [5.74, 6) is 1.41. The van der Waals surface area contributed by atoms with E-state index in [1.165, 1.54) is 5.69 Å². The first kappa shape index (κ1) is 24.8. The molecule has 0 bridgehead atoms. The van der Waals surface area contributed by atoms with E-state index in [1.54, 1.807) is 44.8 Å². The lowest BCUT2D eigenvalue weighted by Gasteiger charge is -2.34. The molecule has 0 unspecified atom stereocenters. The Morgan fingerprint density at radius 3 is 2.59 bits per heavy atom. The zero-order chi connectivity index (χ0) is 27.9. The van der Waals surface area contributed by atoms with Gasteiger partial charge in [-0.05, 0) is 49.5 Å². The number of rotatable bonds is 7. The molecule has 0 spiro atoms. The number of furan rings is 1. The number of allylic oxidation sites excluding steroid dienone is 1. The SMILES string of the molecule is C=CCn1c(=O)c2cnc(Nc3ccc(N4CCN(C)CC4)cc3)nc2n1-c1ccc2cnn(-c3ccco3)c2n1. The van der Waals surface area contributed by atoms with Crippen molar-refractivity contribution in [3.8, 4) is 11.7 Å². The van der Waals surface area contributed by atoms with E-state index in [9.17, 15) is 4.79 Å². The molecule has 1 aromatic carbocycles. The van der Waals surface area contributed by atoms with Crippen LogP contribution in [0.15, 0.2) is 89.1 Å². The Bertz CT molecular complexity index is 1910. The highest BCUT2D eigenvalue weighted by atomic mass is 16.3. The number of fused-ring (bicyclic) bond motifs is 2. The molecule has 206 valence electrons. The van der Waals surface area contributed by atoms with Crippen LogP contribution in [0.3, 0.4) is 0 Å². The van der Waals surface area contributed by atoms with E-state index in [2.05, 4.69) is 51.0 Å². The van der Waals surface area contributed by atoms with E-state index >= 15 is 0 Å². The fraction of sp³-hybridized carbons (Fsp3) is 0.207. The van der Waals surface area contributed by atoms with Crippen molar-refractivity contribution in [1.29, 1.82) is 0 Å². The highest BCUT2D eigenvalue weighted by molar-refractivity contribution is 5.80. The number of hydrogen-bond donors (Lipinski definition) is 1. The minimum Gasteiger partial charge on any atom is -0.447 e. The van der Waals surface area contributed by atoms with Crippen LogP contribution >= 0.6 is 0 Å². The summed E-state index contributed by atoms with van der Waals surface area (Å²) in [6.45, 7) is 8.21. The van der Waals surface area contributed by atoms with Crippen LogP contribution in [0.1, 0.15) is 0 Å². The molecule has 1 aliphatic heterocycles. The van der Waals surface area contributed by atoms with E-state index in [4.69, 9.17) is 14.4 Å². The fourth-order valence-corrected chi connectivity index (χ4v) is 5.12. The summed E-state index contributed by atoms with van der Waals surface area (Å²) in [4.78, 5) is 32.2. The van der Waals surface area contributed by atoms with Crippen molar-refractivity contribution in [3.05, 3.63) is 90.2 Å². The predicted molar refractivity (Wildman–Crippen MR) is 157 cm³/mol. The monoisotopic (exact) mass is 548 g/mol. The van der Waals surface area contributed by atoms with Gasteiger partial charge in [0, 0.05) is 55.2 Å². The Kier molecular flexibility index (Phi) is 6.08. The molecule has 0 radical (unpaired) electrons. The second-order valence-electron chi connectivity index (χ2n) is 9.97. The molecule has 41 heavy (non-hydrogen) atoms. The minimum atomic E-state index is -0.232. The maximum atomic E-state index is 13.4. The molecule has 1 N–H and O–H groups in total. The molecule has 6 aromatic rings. The number of aromatic nitrogens is 7. The Morgan fingerprint density at radius 2 is 1.83 bits per heavy atom. The first-order chi connectivity index (χ1) is 20.1. The van der Waals surface area contributed by atoms with Gasteiger partial charge in [-0.25, -0.2) is 19.3 Å². The highest BCUT2D eigenvalue weighted by Crippen LogP contribution is 2.24. The molecule has 7 rings (SSSR count). The van der Waals surface area contributed by atoms with Crippen LogP contribution in [0.4, 0.5) is 17.3 Å². The van der Waals surface area contributed by atoms with Crippen molar-refractivity contribution in [2.75, 3.05) is 43.4 Å². The van der Waals surface area contributed by atoms with E-state index in [1.807, 2.05) is 30.3 Å². The Hall–Kier alpha value is -5.23. The molecule has 0 aliphatic carbocycles. The summed E-state index contributed by atoms with van der Waals surface area (Å²) in [6, 6.07) is 15.6. The number of pyridine rings is 1. The molecule has 6 heterocycles. The fourth-order valence-electron chi connectivity index (χ4n) is 5.12. The average molecular weight is 549 g/mol. The number of benzene rings is 1. The third-order valence-electron chi connectivity index (χ3n) is 7.30. The standard InChI is InChI=1S/C29H28N10O2/c1-3-12-37-28(40)23-19-30-29(32-21-7-9-22(10-8-21)36-15-13-35(2)14-16-36)34-27(23)39(37)24-11-6-20-18-31-38(26(20)33-24)25-5-4-17-41-25/h3-11,17-19H,1,12-16H2,2H3,(H,30,32,34). The third kappa shape index (κ3) is 4.43. The number of piperazine rings is 1. The lowest BCUT2D eigenvalue weighted by Crippen LogP contribution is -2.44. The van der Waals surface area contributed by atoms with Gasteiger partial charge in [0.05, 0.1) is 19.0 Å². The predicted octanol–water partition coefficient (Wildman–Crippen LogP) is 3.59. The van der Waals surface area contributed by atoms with Gasteiger partial charge in [0.2, 0.25) is 11.8 Å². The Balaban J connectivity index is 1.26. The second-order valence-corrected chi connectivity index (χ2v) is 9.97. The van der Waals surface area contributed by atoms with Crippen LogP contribution in [0.25, 0.3) is 33.8 Å². The number of likely N-dealkylation sites (N-methyl/N-ethyl adjacent to an activating group) is 1. The van der Waals surface area contributed by atoms with Crippen LogP contribution in [0, 0.1) is 0 Å². The molecule has 1 saturated heterocycles. The molecule has 1 aliphatic rings. The van der Waals surface area contributed by atoms with Gasteiger partial charge in [-0.3, -0.25) is 4.79 Å². The van der Waals surface area contributed by atoms with E-state index in [0.29, 0.717) is 34.3 Å². The lowest BCUT2D eigenvalue weighted by molar-refractivity contribution is 0.313. The number of nitrogens with zero attached hydrogens (tertiary/aromatic N) is 9. The quantitative estimate of drug-likeness (QED) is 0.299.